The number of rotatable bonds is 5. The minimum atomic E-state index is -0.157. The topological polar surface area (TPSA) is 70.1 Å². The second kappa shape index (κ2) is 5.56. The van der Waals surface area contributed by atoms with Crippen molar-refractivity contribution in [2.45, 2.75) is 19.9 Å². The first kappa shape index (κ1) is 13.1. The van der Waals surface area contributed by atoms with E-state index in [1.807, 2.05) is 4.57 Å². The van der Waals surface area contributed by atoms with Crippen molar-refractivity contribution in [3.05, 3.63) is 42.0 Å². The molecule has 2 N–H and O–H groups in total. The van der Waals surface area contributed by atoms with Crippen molar-refractivity contribution < 1.29 is 9.53 Å². The summed E-state index contributed by atoms with van der Waals surface area (Å²) in [4.78, 5) is 16.6. The molecule has 0 bridgehead atoms. The first-order valence-electron chi connectivity index (χ1n) is 6.16. The Hall–Kier alpha value is -2.30. The lowest BCUT2D eigenvalue weighted by Crippen LogP contribution is -2.12. The first-order valence-corrected chi connectivity index (χ1v) is 6.16. The highest BCUT2D eigenvalue weighted by Crippen LogP contribution is 2.23. The van der Waals surface area contributed by atoms with Crippen molar-refractivity contribution in [1.29, 1.82) is 0 Å². The maximum Gasteiger partial charge on any atom is 0.232 e. The number of nitrogens with two attached hydrogens (primary N) is 1. The number of hydrogen-bond donors (Lipinski definition) is 1. The van der Waals surface area contributed by atoms with Crippen LogP contribution in [0.5, 0.6) is 5.75 Å². The lowest BCUT2D eigenvalue weighted by molar-refractivity contribution is 0.102. The van der Waals surface area contributed by atoms with E-state index in [-0.39, 0.29) is 5.78 Å². The highest BCUT2D eigenvalue weighted by molar-refractivity contribution is 6.08. The van der Waals surface area contributed by atoms with E-state index in [1.165, 1.54) is 7.11 Å². The monoisotopic (exact) mass is 259 g/mol. The van der Waals surface area contributed by atoms with Crippen LogP contribution in [0.1, 0.15) is 29.5 Å². The number of anilines is 1. The molecule has 1 aromatic heterocycles. The Morgan fingerprint density at radius 1 is 1.47 bits per heavy atom. The van der Waals surface area contributed by atoms with Crippen LogP contribution in [0.4, 0.5) is 5.69 Å². The lowest BCUT2D eigenvalue weighted by Gasteiger charge is -2.09. The third-order valence-electron chi connectivity index (χ3n) is 2.85. The molecule has 0 saturated heterocycles. The molecule has 0 amide bonds. The van der Waals surface area contributed by atoms with Crippen molar-refractivity contribution in [3.63, 3.8) is 0 Å². The van der Waals surface area contributed by atoms with Gasteiger partial charge in [-0.25, -0.2) is 4.98 Å². The molecule has 0 fully saturated rings. The molecule has 1 heterocycles. The zero-order valence-electron chi connectivity index (χ0n) is 11.1. The Labute approximate surface area is 112 Å². The lowest BCUT2D eigenvalue weighted by atomic mass is 10.1. The number of aromatic nitrogens is 2. The third kappa shape index (κ3) is 2.59. The van der Waals surface area contributed by atoms with Gasteiger partial charge in [0.2, 0.25) is 5.78 Å². The Bertz CT molecular complexity index is 590. The van der Waals surface area contributed by atoms with Crippen LogP contribution in [0, 0.1) is 0 Å². The number of benzene rings is 1. The molecule has 0 spiro atoms. The third-order valence-corrected chi connectivity index (χ3v) is 2.85. The van der Waals surface area contributed by atoms with Crippen LogP contribution < -0.4 is 10.5 Å². The van der Waals surface area contributed by atoms with Crippen LogP contribution in [0.2, 0.25) is 0 Å². The normalized spacial score (nSPS) is 10.4. The molecule has 0 saturated carbocycles. The molecule has 5 nitrogen and oxygen atoms in total. The summed E-state index contributed by atoms with van der Waals surface area (Å²) in [6, 6.07) is 4.99. The smallest absolute Gasteiger partial charge is 0.232 e. The van der Waals surface area contributed by atoms with Crippen molar-refractivity contribution in [3.8, 4) is 5.75 Å². The standard InChI is InChI=1S/C14H17N3O2/c1-3-7-17-8-6-16-14(17)13(18)11-5-4-10(15)9-12(11)19-2/h4-6,8-9H,3,7,15H2,1-2H3. The average molecular weight is 259 g/mol. The molecule has 0 aliphatic carbocycles. The van der Waals surface area contributed by atoms with Crippen LogP contribution in [-0.2, 0) is 6.54 Å². The summed E-state index contributed by atoms with van der Waals surface area (Å²) in [6.07, 6.45) is 4.38. The second-order valence-corrected chi connectivity index (χ2v) is 4.23. The predicted octanol–water partition coefficient (Wildman–Crippen LogP) is 2.11. The van der Waals surface area contributed by atoms with Gasteiger partial charge < -0.3 is 15.0 Å². The summed E-state index contributed by atoms with van der Waals surface area (Å²) in [5, 5.41) is 0. The maximum absolute atomic E-state index is 12.5. The van der Waals surface area contributed by atoms with Gasteiger partial charge in [-0.2, -0.15) is 0 Å². The van der Waals surface area contributed by atoms with E-state index >= 15 is 0 Å². The van der Waals surface area contributed by atoms with E-state index < -0.39 is 0 Å². The number of carbonyl (C=O) groups excluding carboxylic acids is 1. The largest absolute Gasteiger partial charge is 0.496 e. The summed E-state index contributed by atoms with van der Waals surface area (Å²) < 4.78 is 7.05. The van der Waals surface area contributed by atoms with Gasteiger partial charge in [-0.1, -0.05) is 6.92 Å². The van der Waals surface area contributed by atoms with Gasteiger partial charge in [0.25, 0.3) is 0 Å². The van der Waals surface area contributed by atoms with Gasteiger partial charge in [-0.15, -0.1) is 0 Å². The van der Waals surface area contributed by atoms with E-state index in [0.29, 0.717) is 22.8 Å². The van der Waals surface area contributed by atoms with Gasteiger partial charge in [-0.05, 0) is 18.6 Å². The predicted molar refractivity (Wildman–Crippen MR) is 73.4 cm³/mol. The summed E-state index contributed by atoms with van der Waals surface area (Å²) >= 11 is 0. The second-order valence-electron chi connectivity index (χ2n) is 4.23. The Kier molecular flexibility index (Phi) is 3.85. The molecular formula is C14H17N3O2. The number of imidazole rings is 1. The molecule has 0 aliphatic heterocycles. The van der Waals surface area contributed by atoms with E-state index in [4.69, 9.17) is 10.5 Å². The summed E-state index contributed by atoms with van der Waals surface area (Å²) in [5.74, 6) is 0.733. The molecule has 0 radical (unpaired) electrons. The van der Waals surface area contributed by atoms with Crippen LogP contribution >= 0.6 is 0 Å². The van der Waals surface area contributed by atoms with Crippen molar-refractivity contribution >= 4 is 11.5 Å². The number of nitrogen functional groups attached to an aromatic ring is 1. The van der Waals surface area contributed by atoms with Gasteiger partial charge >= 0.3 is 0 Å². The quantitative estimate of drug-likeness (QED) is 0.659. The van der Waals surface area contributed by atoms with E-state index in [9.17, 15) is 4.79 Å². The number of ether oxygens (including phenoxy) is 1. The van der Waals surface area contributed by atoms with Crippen molar-refractivity contribution in [1.82, 2.24) is 9.55 Å². The number of carbonyl (C=O) groups is 1. The van der Waals surface area contributed by atoms with E-state index in [2.05, 4.69) is 11.9 Å². The maximum atomic E-state index is 12.5. The van der Waals surface area contributed by atoms with Crippen LogP contribution in [0.15, 0.2) is 30.6 Å². The Morgan fingerprint density at radius 3 is 2.95 bits per heavy atom. The molecular weight excluding hydrogens is 242 g/mol. The number of nitrogens with zero attached hydrogens (tertiary/aromatic N) is 2. The molecule has 19 heavy (non-hydrogen) atoms. The number of methoxy groups -OCH3 is 1. The minimum Gasteiger partial charge on any atom is -0.496 e. The molecule has 1 aromatic carbocycles. The van der Waals surface area contributed by atoms with Crippen LogP contribution in [-0.4, -0.2) is 22.4 Å². The van der Waals surface area contributed by atoms with Gasteiger partial charge in [0.1, 0.15) is 5.75 Å². The molecule has 0 unspecified atom stereocenters. The van der Waals surface area contributed by atoms with Crippen LogP contribution in [0.25, 0.3) is 0 Å². The summed E-state index contributed by atoms with van der Waals surface area (Å²) in [5.41, 5.74) is 6.72. The van der Waals surface area contributed by atoms with Crippen molar-refractivity contribution in [2.24, 2.45) is 0 Å². The van der Waals surface area contributed by atoms with E-state index in [0.717, 1.165) is 13.0 Å². The van der Waals surface area contributed by atoms with Gasteiger partial charge in [0.15, 0.2) is 5.82 Å². The molecule has 5 heteroatoms. The zero-order chi connectivity index (χ0) is 13.8. The fraction of sp³-hybridized carbons (Fsp3) is 0.286. The number of aryl methyl sites for hydroxylation is 1. The molecule has 2 rings (SSSR count). The molecule has 2 aromatic rings. The fourth-order valence-corrected chi connectivity index (χ4v) is 1.96. The highest BCUT2D eigenvalue weighted by atomic mass is 16.5. The fourth-order valence-electron chi connectivity index (χ4n) is 1.96. The molecule has 0 atom stereocenters. The minimum absolute atomic E-state index is 0.157. The average Bonchev–Trinajstić information content (AvgIpc) is 2.86. The molecule has 0 aliphatic rings. The van der Waals surface area contributed by atoms with Gasteiger partial charge in [-0.3, -0.25) is 4.79 Å². The van der Waals surface area contributed by atoms with E-state index in [1.54, 1.807) is 30.6 Å². The summed E-state index contributed by atoms with van der Waals surface area (Å²) in [7, 11) is 1.52. The SMILES string of the molecule is CCCn1ccnc1C(=O)c1ccc(N)cc1OC. The van der Waals surface area contributed by atoms with Gasteiger partial charge in [0.05, 0.1) is 12.7 Å². The Balaban J connectivity index is 2.41. The first-order chi connectivity index (χ1) is 9.17. The van der Waals surface area contributed by atoms with Gasteiger partial charge in [0, 0.05) is 30.7 Å². The number of ketones is 1. The van der Waals surface area contributed by atoms with Crippen molar-refractivity contribution in [2.75, 3.05) is 12.8 Å². The zero-order valence-corrected chi connectivity index (χ0v) is 11.1. The Morgan fingerprint density at radius 2 is 2.26 bits per heavy atom. The number of hydrogen-bond acceptors (Lipinski definition) is 4. The van der Waals surface area contributed by atoms with Crippen LogP contribution in [0.3, 0.4) is 0 Å². The summed E-state index contributed by atoms with van der Waals surface area (Å²) in [6.45, 7) is 2.82. The molecule has 100 valence electrons. The highest BCUT2D eigenvalue weighted by Gasteiger charge is 2.19.